The predicted molar refractivity (Wildman–Crippen MR) is 101 cm³/mol. The highest BCUT2D eigenvalue weighted by Gasteiger charge is 2.21. The molecule has 2 aliphatic rings. The molecule has 2 aromatic heterocycles. The van der Waals surface area contributed by atoms with Crippen molar-refractivity contribution in [3.63, 3.8) is 0 Å². The van der Waals surface area contributed by atoms with Gasteiger partial charge in [-0.1, -0.05) is 75.5 Å². The lowest BCUT2D eigenvalue weighted by atomic mass is 9.89. The Hall–Kier alpha value is -0.900. The highest BCUT2D eigenvalue weighted by Crippen LogP contribution is 2.35. The van der Waals surface area contributed by atoms with Gasteiger partial charge in [-0.05, 0) is 25.7 Å². The third-order valence-electron chi connectivity index (χ3n) is 6.06. The molecule has 2 aliphatic carbocycles. The Morgan fingerprint density at radius 3 is 1.88 bits per heavy atom. The third-order valence-corrected chi connectivity index (χ3v) is 7.14. The largest absolute Gasteiger partial charge is 0.222 e. The van der Waals surface area contributed by atoms with E-state index in [9.17, 15) is 0 Å². The van der Waals surface area contributed by atoms with E-state index in [-0.39, 0.29) is 0 Å². The second-order valence-electron chi connectivity index (χ2n) is 7.92. The molecular weight excluding hydrogens is 314 g/mol. The lowest BCUT2D eigenvalue weighted by Gasteiger charge is -2.17. The molecule has 24 heavy (non-hydrogen) atoms. The molecule has 4 rings (SSSR count). The van der Waals surface area contributed by atoms with Crippen LogP contribution in [-0.4, -0.2) is 14.6 Å². The number of hydrogen-bond acceptors (Lipinski definition) is 3. The fourth-order valence-corrected chi connectivity index (χ4v) is 5.61. The SMILES string of the molecule is c1c(C2CCCCCCC2)nc2sc(C3CCCCCCC3)nn12. The molecule has 0 saturated heterocycles. The summed E-state index contributed by atoms with van der Waals surface area (Å²) in [5.74, 6) is 1.35. The average Bonchev–Trinajstić information content (AvgIpc) is 3.05. The van der Waals surface area contributed by atoms with Crippen LogP contribution in [-0.2, 0) is 0 Å². The smallest absolute Gasteiger partial charge is 0.212 e. The number of rotatable bonds is 2. The molecule has 2 heterocycles. The van der Waals surface area contributed by atoms with Crippen LogP contribution in [0.15, 0.2) is 6.20 Å². The minimum Gasteiger partial charge on any atom is -0.222 e. The Morgan fingerprint density at radius 1 is 0.750 bits per heavy atom. The van der Waals surface area contributed by atoms with Crippen molar-refractivity contribution in [1.29, 1.82) is 0 Å². The number of fused-ring (bicyclic) bond motifs is 1. The van der Waals surface area contributed by atoms with Gasteiger partial charge in [0.1, 0.15) is 5.01 Å². The predicted octanol–water partition coefficient (Wildman–Crippen LogP) is 6.45. The first-order valence-electron chi connectivity index (χ1n) is 10.3. The molecule has 0 amide bonds. The highest BCUT2D eigenvalue weighted by atomic mass is 32.1. The van der Waals surface area contributed by atoms with Crippen LogP contribution in [0.1, 0.15) is 112 Å². The number of hydrogen-bond donors (Lipinski definition) is 0. The number of imidazole rings is 1. The molecule has 0 radical (unpaired) electrons. The summed E-state index contributed by atoms with van der Waals surface area (Å²) in [4.78, 5) is 6.11. The molecule has 0 bridgehead atoms. The summed E-state index contributed by atoms with van der Waals surface area (Å²) >= 11 is 1.85. The van der Waals surface area contributed by atoms with Crippen molar-refractivity contribution < 1.29 is 0 Å². The Bertz CT molecular complexity index is 545. The molecule has 132 valence electrons. The Labute approximate surface area is 149 Å². The van der Waals surface area contributed by atoms with Gasteiger partial charge in [-0.3, -0.25) is 0 Å². The average molecular weight is 346 g/mol. The van der Waals surface area contributed by atoms with Gasteiger partial charge in [-0.2, -0.15) is 5.10 Å². The maximum atomic E-state index is 4.99. The maximum Gasteiger partial charge on any atom is 0.212 e. The molecule has 2 saturated carbocycles. The van der Waals surface area contributed by atoms with E-state index < -0.39 is 0 Å². The molecule has 4 heteroatoms. The fraction of sp³-hybridized carbons (Fsp3) is 0.800. The first kappa shape index (κ1) is 16.6. The maximum absolute atomic E-state index is 4.99. The van der Waals surface area contributed by atoms with Gasteiger partial charge in [0, 0.05) is 11.8 Å². The molecule has 2 fully saturated rings. The van der Waals surface area contributed by atoms with Crippen LogP contribution >= 0.6 is 11.3 Å². The number of nitrogens with zero attached hydrogens (tertiary/aromatic N) is 3. The number of aromatic nitrogens is 3. The fourth-order valence-electron chi connectivity index (χ4n) is 4.55. The van der Waals surface area contributed by atoms with Crippen LogP contribution < -0.4 is 0 Å². The van der Waals surface area contributed by atoms with Crippen LogP contribution in [0.2, 0.25) is 0 Å². The molecule has 0 aliphatic heterocycles. The Morgan fingerprint density at radius 2 is 1.29 bits per heavy atom. The molecule has 0 unspecified atom stereocenters. The van der Waals surface area contributed by atoms with Gasteiger partial charge in [-0.25, -0.2) is 9.50 Å². The van der Waals surface area contributed by atoms with Crippen molar-refractivity contribution in [2.75, 3.05) is 0 Å². The molecule has 0 atom stereocenters. The van der Waals surface area contributed by atoms with Crippen molar-refractivity contribution in [2.24, 2.45) is 0 Å². The van der Waals surface area contributed by atoms with Crippen molar-refractivity contribution in [3.8, 4) is 0 Å². The van der Waals surface area contributed by atoms with Crippen LogP contribution in [0, 0.1) is 0 Å². The van der Waals surface area contributed by atoms with Crippen molar-refractivity contribution in [2.45, 2.75) is 102 Å². The summed E-state index contributed by atoms with van der Waals surface area (Å²) in [6, 6.07) is 0. The molecule has 0 aromatic carbocycles. The molecule has 0 spiro atoms. The monoisotopic (exact) mass is 345 g/mol. The summed E-state index contributed by atoms with van der Waals surface area (Å²) < 4.78 is 2.09. The van der Waals surface area contributed by atoms with Crippen molar-refractivity contribution in [3.05, 3.63) is 16.9 Å². The normalized spacial score (nSPS) is 22.8. The molecular formula is C20H31N3S. The molecule has 2 aromatic rings. The van der Waals surface area contributed by atoms with E-state index in [0.717, 1.165) is 4.96 Å². The summed E-state index contributed by atoms with van der Waals surface area (Å²) in [6.07, 6.45) is 21.5. The van der Waals surface area contributed by atoms with E-state index in [4.69, 9.17) is 10.1 Å². The zero-order valence-electron chi connectivity index (χ0n) is 14.9. The zero-order chi connectivity index (χ0) is 16.2. The standard InChI is InChI=1S/C20H31N3S/c1-3-7-11-16(12-8-4-1)18-15-23-20(21-18)24-19(22-23)17-13-9-5-2-6-10-14-17/h15-17H,1-14H2. The van der Waals surface area contributed by atoms with Gasteiger partial charge in [0.2, 0.25) is 4.96 Å². The lowest BCUT2D eigenvalue weighted by Crippen LogP contribution is -2.04. The van der Waals surface area contributed by atoms with Gasteiger partial charge in [0.05, 0.1) is 11.9 Å². The first-order chi connectivity index (χ1) is 11.9. The van der Waals surface area contributed by atoms with Crippen LogP contribution in [0.3, 0.4) is 0 Å². The van der Waals surface area contributed by atoms with E-state index in [2.05, 4.69) is 10.7 Å². The topological polar surface area (TPSA) is 30.2 Å². The zero-order valence-corrected chi connectivity index (χ0v) is 15.7. The third kappa shape index (κ3) is 3.84. The Kier molecular flexibility index (Phi) is 5.51. The molecule has 3 nitrogen and oxygen atoms in total. The molecule has 0 N–H and O–H groups in total. The first-order valence-corrected chi connectivity index (χ1v) is 11.1. The summed E-state index contributed by atoms with van der Waals surface area (Å²) in [6.45, 7) is 0. The summed E-state index contributed by atoms with van der Waals surface area (Å²) in [5.41, 5.74) is 1.31. The van der Waals surface area contributed by atoms with E-state index in [1.54, 1.807) is 0 Å². The quantitative estimate of drug-likeness (QED) is 0.626. The van der Waals surface area contributed by atoms with Crippen molar-refractivity contribution in [1.82, 2.24) is 14.6 Å². The van der Waals surface area contributed by atoms with Gasteiger partial charge >= 0.3 is 0 Å². The second kappa shape index (κ2) is 7.99. The van der Waals surface area contributed by atoms with Crippen molar-refractivity contribution >= 4 is 16.3 Å². The van der Waals surface area contributed by atoms with Crippen LogP contribution in [0.25, 0.3) is 4.96 Å². The van der Waals surface area contributed by atoms with Gasteiger partial charge in [0.25, 0.3) is 0 Å². The minimum absolute atomic E-state index is 0.670. The lowest BCUT2D eigenvalue weighted by molar-refractivity contribution is 0.449. The van der Waals surface area contributed by atoms with Gasteiger partial charge < -0.3 is 0 Å². The van der Waals surface area contributed by atoms with Gasteiger partial charge in [-0.15, -0.1) is 0 Å². The summed E-state index contributed by atoms with van der Waals surface area (Å²) in [7, 11) is 0. The van der Waals surface area contributed by atoms with E-state index in [1.165, 1.54) is 101 Å². The highest BCUT2D eigenvalue weighted by molar-refractivity contribution is 7.16. The van der Waals surface area contributed by atoms with E-state index in [1.807, 2.05) is 11.3 Å². The minimum atomic E-state index is 0.670. The van der Waals surface area contributed by atoms with E-state index in [0.29, 0.717) is 11.8 Å². The van der Waals surface area contributed by atoms with Crippen LogP contribution in [0.5, 0.6) is 0 Å². The van der Waals surface area contributed by atoms with Crippen LogP contribution in [0.4, 0.5) is 0 Å². The Balaban J connectivity index is 1.49. The summed E-state index contributed by atoms with van der Waals surface area (Å²) in [5, 5.41) is 6.28. The van der Waals surface area contributed by atoms with Gasteiger partial charge in [0.15, 0.2) is 0 Å². The second-order valence-corrected chi connectivity index (χ2v) is 8.90. The van der Waals surface area contributed by atoms with E-state index >= 15 is 0 Å².